The van der Waals surface area contributed by atoms with Gasteiger partial charge in [-0.25, -0.2) is 9.97 Å². The third-order valence-corrected chi connectivity index (χ3v) is 3.83. The van der Waals surface area contributed by atoms with Crippen molar-refractivity contribution in [3.8, 4) is 0 Å². The van der Waals surface area contributed by atoms with Crippen LogP contribution in [0.2, 0.25) is 0 Å². The Hall–Kier alpha value is -2.17. The number of aryl methyl sites for hydroxylation is 3. The second kappa shape index (κ2) is 4.98. The van der Waals surface area contributed by atoms with Crippen molar-refractivity contribution in [1.82, 2.24) is 14.5 Å². The quantitative estimate of drug-likeness (QED) is 0.741. The lowest BCUT2D eigenvalue weighted by molar-refractivity contribution is 0.502. The molecule has 0 unspecified atom stereocenters. The molecule has 5 nitrogen and oxygen atoms in total. The number of hydrogen-bond donors (Lipinski definition) is 0. The Balaban J connectivity index is 2.20. The summed E-state index contributed by atoms with van der Waals surface area (Å²) in [5.41, 5.74) is 3.23. The third-order valence-electron chi connectivity index (χ3n) is 3.83. The van der Waals surface area contributed by atoms with Crippen molar-refractivity contribution >= 4 is 22.2 Å². The molecular weight excluding hydrogens is 266 g/mol. The molecule has 0 amide bonds. The molecule has 0 aromatic carbocycles. The Morgan fingerprint density at radius 2 is 2.10 bits per heavy atom. The Morgan fingerprint density at radius 3 is 2.81 bits per heavy atom. The predicted octanol–water partition coefficient (Wildman–Crippen LogP) is 3.20. The summed E-state index contributed by atoms with van der Waals surface area (Å²) in [6.45, 7) is 8.84. The van der Waals surface area contributed by atoms with Gasteiger partial charge in [-0.1, -0.05) is 13.8 Å². The zero-order chi connectivity index (χ0) is 15.1. The molecule has 5 heteroatoms. The van der Waals surface area contributed by atoms with Crippen LogP contribution < -0.4 is 5.56 Å². The monoisotopic (exact) mass is 285 g/mol. The van der Waals surface area contributed by atoms with Gasteiger partial charge in [-0.15, -0.1) is 0 Å². The van der Waals surface area contributed by atoms with Gasteiger partial charge >= 0.3 is 0 Å². The topological polar surface area (TPSA) is 60.9 Å². The van der Waals surface area contributed by atoms with Gasteiger partial charge in [0.25, 0.3) is 5.56 Å². The maximum atomic E-state index is 12.5. The molecule has 0 aliphatic heterocycles. The van der Waals surface area contributed by atoms with Crippen LogP contribution in [0.15, 0.2) is 21.6 Å². The fourth-order valence-electron chi connectivity index (χ4n) is 2.34. The van der Waals surface area contributed by atoms with Crippen LogP contribution in [0.1, 0.15) is 31.5 Å². The summed E-state index contributed by atoms with van der Waals surface area (Å²) in [6, 6.07) is 1.98. The standard InChI is InChI=1S/C16H19N3O2/c1-9(2)5-6-19-8-17-13-12-7-10(3)11(4)18-15(12)21-14(13)16(19)20/h7-9H,5-6H2,1-4H3. The minimum atomic E-state index is -0.131. The molecule has 3 rings (SSSR count). The molecule has 0 aliphatic rings. The Kier molecular flexibility index (Phi) is 3.27. The van der Waals surface area contributed by atoms with Gasteiger partial charge in [0.2, 0.25) is 11.3 Å². The smallest absolute Gasteiger partial charge is 0.297 e. The van der Waals surface area contributed by atoms with Crippen molar-refractivity contribution in [2.45, 2.75) is 40.7 Å². The number of hydrogen-bond acceptors (Lipinski definition) is 4. The predicted molar refractivity (Wildman–Crippen MR) is 82.5 cm³/mol. The summed E-state index contributed by atoms with van der Waals surface area (Å²) in [5, 5.41) is 0.807. The fraction of sp³-hybridized carbons (Fsp3) is 0.438. The van der Waals surface area contributed by atoms with Crippen molar-refractivity contribution in [2.24, 2.45) is 5.92 Å². The SMILES string of the molecule is Cc1cc2c(nc1C)oc1c(=O)n(CCC(C)C)cnc12. The van der Waals surface area contributed by atoms with Gasteiger partial charge in [0.15, 0.2) is 0 Å². The molecule has 21 heavy (non-hydrogen) atoms. The highest BCUT2D eigenvalue weighted by molar-refractivity contribution is 6.00. The molecule has 110 valence electrons. The highest BCUT2D eigenvalue weighted by Gasteiger charge is 2.15. The molecule has 0 saturated carbocycles. The van der Waals surface area contributed by atoms with Gasteiger partial charge in [-0.05, 0) is 37.8 Å². The molecule has 0 aliphatic carbocycles. The lowest BCUT2D eigenvalue weighted by Crippen LogP contribution is -2.20. The molecule has 0 bridgehead atoms. The molecule has 3 aromatic heterocycles. The summed E-state index contributed by atoms with van der Waals surface area (Å²) < 4.78 is 7.28. The number of pyridine rings is 1. The summed E-state index contributed by atoms with van der Waals surface area (Å²) >= 11 is 0. The van der Waals surface area contributed by atoms with E-state index < -0.39 is 0 Å². The van der Waals surface area contributed by atoms with E-state index >= 15 is 0 Å². The Labute approximate surface area is 122 Å². The van der Waals surface area contributed by atoms with Gasteiger partial charge in [0.05, 0.1) is 11.7 Å². The first-order valence-corrected chi connectivity index (χ1v) is 7.23. The average molecular weight is 285 g/mol. The first-order chi connectivity index (χ1) is 9.97. The number of rotatable bonds is 3. The summed E-state index contributed by atoms with van der Waals surface area (Å²) in [4.78, 5) is 21.3. The van der Waals surface area contributed by atoms with E-state index in [0.717, 1.165) is 23.1 Å². The fourth-order valence-corrected chi connectivity index (χ4v) is 2.34. The van der Waals surface area contributed by atoms with E-state index in [1.165, 1.54) is 0 Å². The van der Waals surface area contributed by atoms with Crippen molar-refractivity contribution in [1.29, 1.82) is 0 Å². The highest BCUT2D eigenvalue weighted by atomic mass is 16.3. The van der Waals surface area contributed by atoms with Crippen LogP contribution in [0, 0.1) is 19.8 Å². The Morgan fingerprint density at radius 1 is 1.33 bits per heavy atom. The van der Waals surface area contributed by atoms with Crippen molar-refractivity contribution in [2.75, 3.05) is 0 Å². The van der Waals surface area contributed by atoms with Crippen LogP contribution in [0.25, 0.3) is 22.2 Å². The maximum Gasteiger partial charge on any atom is 0.297 e. The van der Waals surface area contributed by atoms with Gasteiger partial charge in [-0.2, -0.15) is 0 Å². The van der Waals surface area contributed by atoms with Crippen LogP contribution in [0.3, 0.4) is 0 Å². The van der Waals surface area contributed by atoms with E-state index in [1.807, 2.05) is 19.9 Å². The summed E-state index contributed by atoms with van der Waals surface area (Å²) in [5.74, 6) is 0.537. The van der Waals surface area contributed by atoms with Gasteiger partial charge < -0.3 is 4.42 Å². The second-order valence-electron chi connectivity index (χ2n) is 5.95. The lowest BCUT2D eigenvalue weighted by Gasteiger charge is -2.06. The van der Waals surface area contributed by atoms with Gasteiger partial charge in [-0.3, -0.25) is 9.36 Å². The molecule has 3 aromatic rings. The van der Waals surface area contributed by atoms with Crippen molar-refractivity contribution < 1.29 is 4.42 Å². The van der Waals surface area contributed by atoms with Crippen LogP contribution >= 0.6 is 0 Å². The molecule has 0 spiro atoms. The second-order valence-corrected chi connectivity index (χ2v) is 5.95. The maximum absolute atomic E-state index is 12.5. The van der Waals surface area contributed by atoms with Crippen molar-refractivity contribution in [3.63, 3.8) is 0 Å². The van der Waals surface area contributed by atoms with Crippen LogP contribution in [-0.2, 0) is 6.54 Å². The minimum absolute atomic E-state index is 0.131. The molecule has 0 radical (unpaired) electrons. The van der Waals surface area contributed by atoms with Gasteiger partial charge in [0, 0.05) is 12.2 Å². The van der Waals surface area contributed by atoms with E-state index in [2.05, 4.69) is 23.8 Å². The first kappa shape index (κ1) is 13.8. The lowest BCUT2D eigenvalue weighted by atomic mass is 10.1. The van der Waals surface area contributed by atoms with Crippen LogP contribution in [0.4, 0.5) is 0 Å². The molecule has 0 saturated heterocycles. The number of fused-ring (bicyclic) bond motifs is 3. The van der Waals surface area contributed by atoms with E-state index in [1.54, 1.807) is 10.9 Å². The zero-order valence-corrected chi connectivity index (χ0v) is 12.8. The number of aromatic nitrogens is 3. The van der Waals surface area contributed by atoms with E-state index in [4.69, 9.17) is 4.42 Å². The number of nitrogens with zero attached hydrogens (tertiary/aromatic N) is 3. The summed E-state index contributed by atoms with van der Waals surface area (Å²) in [6.07, 6.45) is 2.54. The first-order valence-electron chi connectivity index (χ1n) is 7.23. The zero-order valence-electron chi connectivity index (χ0n) is 12.8. The van der Waals surface area contributed by atoms with E-state index in [9.17, 15) is 4.79 Å². The molecule has 3 heterocycles. The molecule has 0 N–H and O–H groups in total. The molecular formula is C16H19N3O2. The third kappa shape index (κ3) is 2.33. The Bertz CT molecular complexity index is 874. The van der Waals surface area contributed by atoms with Crippen molar-refractivity contribution in [3.05, 3.63) is 34.0 Å². The normalized spacial score (nSPS) is 11.9. The largest absolute Gasteiger partial charge is 0.430 e. The van der Waals surface area contributed by atoms with E-state index in [0.29, 0.717) is 29.3 Å². The number of furan rings is 1. The van der Waals surface area contributed by atoms with Gasteiger partial charge in [0.1, 0.15) is 5.52 Å². The minimum Gasteiger partial charge on any atom is -0.430 e. The van der Waals surface area contributed by atoms with E-state index in [-0.39, 0.29) is 5.56 Å². The highest BCUT2D eigenvalue weighted by Crippen LogP contribution is 2.25. The molecule has 0 fully saturated rings. The summed E-state index contributed by atoms with van der Waals surface area (Å²) in [7, 11) is 0. The molecule has 0 atom stereocenters. The van der Waals surface area contributed by atoms with Crippen LogP contribution in [-0.4, -0.2) is 14.5 Å². The average Bonchev–Trinajstić information content (AvgIpc) is 2.77. The van der Waals surface area contributed by atoms with Crippen LogP contribution in [0.5, 0.6) is 0 Å².